The largest absolute Gasteiger partial charge is 0.495 e. The van der Waals surface area contributed by atoms with Crippen LogP contribution in [-0.4, -0.2) is 30.7 Å². The van der Waals surface area contributed by atoms with Crippen LogP contribution in [0, 0.1) is 0 Å². The Morgan fingerprint density at radius 1 is 1.41 bits per heavy atom. The average Bonchev–Trinajstić information content (AvgIpc) is 2.36. The minimum atomic E-state index is 0.725. The molecule has 4 heteroatoms. The fraction of sp³-hybridized carbons (Fsp3) is 0.462. The van der Waals surface area contributed by atoms with Crippen LogP contribution in [0.1, 0.15) is 19.8 Å². The van der Waals surface area contributed by atoms with Crippen LogP contribution >= 0.6 is 12.2 Å². The third kappa shape index (κ3) is 4.23. The van der Waals surface area contributed by atoms with Crippen LogP contribution in [0.4, 0.5) is 5.69 Å². The molecule has 0 spiro atoms. The maximum absolute atomic E-state index is 5.34. The molecule has 0 aromatic heterocycles. The van der Waals surface area contributed by atoms with Gasteiger partial charge >= 0.3 is 0 Å². The van der Waals surface area contributed by atoms with Crippen LogP contribution in [-0.2, 0) is 0 Å². The lowest BCUT2D eigenvalue weighted by Crippen LogP contribution is -2.31. The van der Waals surface area contributed by atoms with Crippen molar-refractivity contribution in [3.63, 3.8) is 0 Å². The van der Waals surface area contributed by atoms with E-state index in [1.807, 2.05) is 36.2 Å². The number of ether oxygens (including phenoxy) is 1. The number of methoxy groups -OCH3 is 1. The zero-order chi connectivity index (χ0) is 12.7. The van der Waals surface area contributed by atoms with Crippen molar-refractivity contribution in [3.8, 4) is 5.75 Å². The van der Waals surface area contributed by atoms with Gasteiger partial charge in [0.25, 0.3) is 0 Å². The molecule has 0 heterocycles. The molecular formula is C13H20N2OS. The van der Waals surface area contributed by atoms with Gasteiger partial charge in [-0.3, -0.25) is 0 Å². The number of hydrogen-bond acceptors (Lipinski definition) is 2. The van der Waals surface area contributed by atoms with Crippen LogP contribution in [0.3, 0.4) is 0 Å². The number of nitrogens with one attached hydrogen (secondary N) is 1. The molecule has 0 atom stereocenters. The van der Waals surface area contributed by atoms with Gasteiger partial charge in [0.15, 0.2) is 5.11 Å². The van der Waals surface area contributed by atoms with Gasteiger partial charge in [-0.2, -0.15) is 0 Å². The highest BCUT2D eigenvalue weighted by Crippen LogP contribution is 2.23. The van der Waals surface area contributed by atoms with Crippen molar-refractivity contribution < 1.29 is 4.74 Å². The maximum Gasteiger partial charge on any atom is 0.173 e. The van der Waals surface area contributed by atoms with Gasteiger partial charge in [-0.1, -0.05) is 25.5 Å². The Labute approximate surface area is 109 Å². The summed E-state index contributed by atoms with van der Waals surface area (Å²) in [6, 6.07) is 7.77. The van der Waals surface area contributed by atoms with Gasteiger partial charge in [0.05, 0.1) is 12.8 Å². The third-order valence-corrected chi connectivity index (χ3v) is 2.96. The molecule has 94 valence electrons. The van der Waals surface area contributed by atoms with Gasteiger partial charge in [-0.15, -0.1) is 0 Å². The lowest BCUT2D eigenvalue weighted by Gasteiger charge is -2.21. The van der Waals surface area contributed by atoms with Crippen LogP contribution in [0.5, 0.6) is 5.75 Å². The molecule has 0 amide bonds. The number of hydrogen-bond donors (Lipinski definition) is 1. The number of para-hydroxylation sites is 2. The fourth-order valence-corrected chi connectivity index (χ4v) is 1.66. The number of anilines is 1. The first-order valence-electron chi connectivity index (χ1n) is 5.84. The van der Waals surface area contributed by atoms with Crippen LogP contribution in [0.25, 0.3) is 0 Å². The summed E-state index contributed by atoms with van der Waals surface area (Å²) in [5.74, 6) is 0.804. The highest BCUT2D eigenvalue weighted by Gasteiger charge is 2.07. The zero-order valence-electron chi connectivity index (χ0n) is 10.7. The summed E-state index contributed by atoms with van der Waals surface area (Å²) >= 11 is 5.34. The summed E-state index contributed by atoms with van der Waals surface area (Å²) in [5, 5.41) is 3.93. The van der Waals surface area contributed by atoms with Crippen LogP contribution < -0.4 is 10.1 Å². The zero-order valence-corrected chi connectivity index (χ0v) is 11.5. The number of thiocarbonyl (C=S) groups is 1. The van der Waals surface area contributed by atoms with Crippen molar-refractivity contribution >= 4 is 23.0 Å². The first-order chi connectivity index (χ1) is 8.19. The molecule has 1 aromatic rings. The second-order valence-corrected chi connectivity index (χ2v) is 4.29. The van der Waals surface area contributed by atoms with Gasteiger partial charge in [-0.25, -0.2) is 0 Å². The van der Waals surface area contributed by atoms with E-state index in [0.29, 0.717) is 0 Å². The molecule has 0 saturated heterocycles. The van der Waals surface area contributed by atoms with E-state index >= 15 is 0 Å². The lowest BCUT2D eigenvalue weighted by molar-refractivity contribution is 0.416. The van der Waals surface area contributed by atoms with Gasteiger partial charge < -0.3 is 15.0 Å². The van der Waals surface area contributed by atoms with Gasteiger partial charge in [0, 0.05) is 13.6 Å². The summed E-state index contributed by atoms with van der Waals surface area (Å²) < 4.78 is 5.27. The average molecular weight is 252 g/mol. The molecule has 1 aromatic carbocycles. The summed E-state index contributed by atoms with van der Waals surface area (Å²) in [5.41, 5.74) is 0.906. The molecule has 0 aliphatic carbocycles. The van der Waals surface area contributed by atoms with Crippen LogP contribution in [0.2, 0.25) is 0 Å². The minimum Gasteiger partial charge on any atom is -0.495 e. The first-order valence-corrected chi connectivity index (χ1v) is 6.25. The Hall–Kier alpha value is -1.29. The number of benzene rings is 1. The molecule has 0 unspecified atom stereocenters. The number of unbranched alkanes of at least 4 members (excludes halogenated alkanes) is 1. The molecular weight excluding hydrogens is 232 g/mol. The Morgan fingerprint density at radius 3 is 2.76 bits per heavy atom. The van der Waals surface area contributed by atoms with Crippen molar-refractivity contribution in [2.45, 2.75) is 19.8 Å². The highest BCUT2D eigenvalue weighted by atomic mass is 32.1. The molecule has 0 fully saturated rings. The molecule has 17 heavy (non-hydrogen) atoms. The highest BCUT2D eigenvalue weighted by molar-refractivity contribution is 7.80. The third-order valence-electron chi connectivity index (χ3n) is 2.54. The van der Waals surface area contributed by atoms with Crippen LogP contribution in [0.15, 0.2) is 24.3 Å². The van der Waals surface area contributed by atoms with Gasteiger partial charge in [0.1, 0.15) is 5.75 Å². The maximum atomic E-state index is 5.34. The van der Waals surface area contributed by atoms with E-state index < -0.39 is 0 Å². The molecule has 3 nitrogen and oxygen atoms in total. The van der Waals surface area contributed by atoms with Crippen molar-refractivity contribution in [2.24, 2.45) is 0 Å². The SMILES string of the molecule is CCCCN(C)C(=S)Nc1ccccc1OC. The van der Waals surface area contributed by atoms with Crippen molar-refractivity contribution in [1.29, 1.82) is 0 Å². The summed E-state index contributed by atoms with van der Waals surface area (Å²) in [7, 11) is 3.66. The van der Waals surface area contributed by atoms with E-state index in [1.54, 1.807) is 7.11 Å². The fourth-order valence-electron chi connectivity index (χ4n) is 1.46. The quantitative estimate of drug-likeness (QED) is 0.814. The predicted octanol–water partition coefficient (Wildman–Crippen LogP) is 3.12. The predicted molar refractivity (Wildman–Crippen MR) is 76.8 cm³/mol. The second kappa shape index (κ2) is 7.12. The minimum absolute atomic E-state index is 0.725. The Morgan fingerprint density at radius 2 is 2.12 bits per heavy atom. The Balaban J connectivity index is 2.61. The topological polar surface area (TPSA) is 24.5 Å². The summed E-state index contributed by atoms with van der Waals surface area (Å²) in [6.45, 7) is 3.14. The van der Waals surface area contributed by atoms with E-state index in [9.17, 15) is 0 Å². The molecule has 0 bridgehead atoms. The van der Waals surface area contributed by atoms with Crippen molar-refractivity contribution in [1.82, 2.24) is 4.90 Å². The number of nitrogens with zero attached hydrogens (tertiary/aromatic N) is 1. The van der Waals surface area contributed by atoms with Crippen molar-refractivity contribution in [3.05, 3.63) is 24.3 Å². The summed E-state index contributed by atoms with van der Waals surface area (Å²) in [6.07, 6.45) is 2.31. The Kier molecular flexibility index (Phi) is 5.77. The molecule has 0 aliphatic heterocycles. The van der Waals surface area contributed by atoms with E-state index in [2.05, 4.69) is 12.2 Å². The van der Waals surface area contributed by atoms with Gasteiger partial charge in [0.2, 0.25) is 0 Å². The Bertz CT molecular complexity index is 368. The normalized spacial score (nSPS) is 9.82. The van der Waals surface area contributed by atoms with E-state index in [4.69, 9.17) is 17.0 Å². The van der Waals surface area contributed by atoms with Crippen molar-refractivity contribution in [2.75, 3.05) is 26.0 Å². The standard InChI is InChI=1S/C13H20N2OS/c1-4-5-10-15(2)13(17)14-11-8-6-7-9-12(11)16-3/h6-9H,4-5,10H2,1-3H3,(H,14,17). The first kappa shape index (κ1) is 13.8. The number of rotatable bonds is 5. The molecule has 1 N–H and O–H groups in total. The van der Waals surface area contributed by atoms with E-state index in [0.717, 1.165) is 29.5 Å². The monoisotopic (exact) mass is 252 g/mol. The molecule has 0 aliphatic rings. The molecule has 0 saturated carbocycles. The smallest absolute Gasteiger partial charge is 0.173 e. The van der Waals surface area contributed by atoms with E-state index in [1.165, 1.54) is 6.42 Å². The molecule has 0 radical (unpaired) electrons. The molecule has 1 rings (SSSR count). The summed E-state index contributed by atoms with van der Waals surface area (Å²) in [4.78, 5) is 2.05. The lowest BCUT2D eigenvalue weighted by atomic mass is 10.3. The second-order valence-electron chi connectivity index (χ2n) is 3.91. The van der Waals surface area contributed by atoms with E-state index in [-0.39, 0.29) is 0 Å². The van der Waals surface area contributed by atoms with Gasteiger partial charge in [-0.05, 0) is 30.8 Å².